The molecule has 1 aliphatic heterocycles. The summed E-state index contributed by atoms with van der Waals surface area (Å²) in [4.78, 5) is 27.7. The number of ether oxygens (including phenoxy) is 1. The molecule has 1 atom stereocenters. The van der Waals surface area contributed by atoms with Crippen LogP contribution in [0.1, 0.15) is 37.2 Å². The number of nitrogens with zero attached hydrogens (tertiary/aromatic N) is 1. The van der Waals surface area contributed by atoms with Gasteiger partial charge < -0.3 is 4.74 Å². The van der Waals surface area contributed by atoms with E-state index >= 15 is 0 Å². The number of methoxy groups -OCH3 is 1. The third kappa shape index (κ3) is 3.32. The predicted octanol–water partition coefficient (Wildman–Crippen LogP) is 4.99. The number of hydrogen-bond donors (Lipinski definition) is 0. The molecule has 0 N–H and O–H groups in total. The second kappa shape index (κ2) is 7.31. The SMILES string of the molecule is COc1ccc(C2CC(=O)N(c3ccc(Br)cc3)C3=C2C(=O)CCC3)cc1. The van der Waals surface area contributed by atoms with Gasteiger partial charge >= 0.3 is 0 Å². The van der Waals surface area contributed by atoms with Crippen LogP contribution in [0.2, 0.25) is 0 Å². The molecule has 2 aromatic rings. The quantitative estimate of drug-likeness (QED) is 0.695. The molecule has 0 saturated heterocycles. The molecule has 4 nitrogen and oxygen atoms in total. The largest absolute Gasteiger partial charge is 0.497 e. The molecule has 0 fully saturated rings. The molecule has 1 amide bonds. The van der Waals surface area contributed by atoms with Crippen molar-refractivity contribution in [3.63, 3.8) is 0 Å². The van der Waals surface area contributed by atoms with Crippen molar-refractivity contribution in [1.29, 1.82) is 0 Å². The summed E-state index contributed by atoms with van der Waals surface area (Å²) in [5.74, 6) is 0.776. The lowest BCUT2D eigenvalue weighted by molar-refractivity contribution is -0.119. The molecule has 0 radical (unpaired) electrons. The monoisotopic (exact) mass is 425 g/mol. The third-order valence-electron chi connectivity index (χ3n) is 5.28. The second-order valence-corrected chi connectivity index (χ2v) is 7.79. The fourth-order valence-corrected chi connectivity index (χ4v) is 4.27. The van der Waals surface area contributed by atoms with Crippen LogP contribution < -0.4 is 9.64 Å². The van der Waals surface area contributed by atoms with Crippen LogP contribution in [-0.4, -0.2) is 18.8 Å². The molecule has 2 aliphatic rings. The van der Waals surface area contributed by atoms with Crippen molar-refractivity contribution in [2.45, 2.75) is 31.6 Å². The van der Waals surface area contributed by atoms with Gasteiger partial charge in [-0.1, -0.05) is 28.1 Å². The Morgan fingerprint density at radius 3 is 2.37 bits per heavy atom. The van der Waals surface area contributed by atoms with Gasteiger partial charge in [0.2, 0.25) is 5.91 Å². The van der Waals surface area contributed by atoms with Gasteiger partial charge in [-0.2, -0.15) is 0 Å². The summed E-state index contributed by atoms with van der Waals surface area (Å²) in [6.07, 6.45) is 2.38. The molecule has 0 aromatic heterocycles. The van der Waals surface area contributed by atoms with Gasteiger partial charge in [0.05, 0.1) is 7.11 Å². The Labute approximate surface area is 167 Å². The molecule has 2 aromatic carbocycles. The van der Waals surface area contributed by atoms with Crippen LogP contribution in [0.15, 0.2) is 64.3 Å². The van der Waals surface area contributed by atoms with Gasteiger partial charge in [0.25, 0.3) is 0 Å². The number of rotatable bonds is 3. The summed E-state index contributed by atoms with van der Waals surface area (Å²) in [6, 6.07) is 15.4. The Hall–Kier alpha value is -2.40. The molecule has 1 heterocycles. The number of benzene rings is 2. The number of anilines is 1. The van der Waals surface area contributed by atoms with Crippen molar-refractivity contribution in [3.05, 3.63) is 69.8 Å². The Morgan fingerprint density at radius 2 is 1.70 bits per heavy atom. The van der Waals surface area contributed by atoms with Crippen molar-refractivity contribution < 1.29 is 14.3 Å². The molecule has 1 unspecified atom stereocenters. The van der Waals surface area contributed by atoms with E-state index in [1.807, 2.05) is 48.5 Å². The minimum Gasteiger partial charge on any atom is -0.497 e. The Bertz CT molecular complexity index is 916. The van der Waals surface area contributed by atoms with Gasteiger partial charge in [0.1, 0.15) is 5.75 Å². The summed E-state index contributed by atoms with van der Waals surface area (Å²) in [7, 11) is 1.63. The summed E-state index contributed by atoms with van der Waals surface area (Å²) < 4.78 is 6.19. The van der Waals surface area contributed by atoms with Crippen molar-refractivity contribution >= 4 is 33.3 Å². The second-order valence-electron chi connectivity index (χ2n) is 6.87. The number of Topliss-reactive ketones (excluding diaryl/α,β-unsaturated/α-hetero) is 1. The van der Waals surface area contributed by atoms with Crippen molar-refractivity contribution in [1.82, 2.24) is 0 Å². The normalized spacial score (nSPS) is 19.9. The van der Waals surface area contributed by atoms with Gasteiger partial charge in [-0.15, -0.1) is 0 Å². The standard InChI is InChI=1S/C22H20BrNO3/c1-27-17-11-5-14(6-12-17)18-13-21(26)24(16-9-7-15(23)8-10-16)19-3-2-4-20(25)22(18)19/h5-12,18H,2-4,13H2,1H3. The van der Waals surface area contributed by atoms with E-state index in [0.29, 0.717) is 12.8 Å². The topological polar surface area (TPSA) is 46.6 Å². The van der Waals surface area contributed by atoms with Gasteiger partial charge in [-0.25, -0.2) is 0 Å². The van der Waals surface area contributed by atoms with Crippen LogP contribution in [0.4, 0.5) is 5.69 Å². The first-order valence-electron chi connectivity index (χ1n) is 9.07. The number of carbonyl (C=O) groups excluding carboxylic acids is 2. The van der Waals surface area contributed by atoms with Crippen LogP contribution in [0.3, 0.4) is 0 Å². The van der Waals surface area contributed by atoms with Crippen molar-refractivity contribution in [2.24, 2.45) is 0 Å². The fraction of sp³-hybridized carbons (Fsp3) is 0.273. The van der Waals surface area contributed by atoms with E-state index < -0.39 is 0 Å². The minimum atomic E-state index is -0.182. The first-order valence-corrected chi connectivity index (χ1v) is 9.86. The first kappa shape index (κ1) is 18.0. The van der Waals surface area contributed by atoms with Gasteiger partial charge in [-0.3, -0.25) is 14.5 Å². The average molecular weight is 426 g/mol. The highest BCUT2D eigenvalue weighted by Crippen LogP contribution is 2.43. The first-order chi connectivity index (χ1) is 13.1. The third-order valence-corrected chi connectivity index (χ3v) is 5.81. The van der Waals surface area contributed by atoms with E-state index in [1.54, 1.807) is 12.0 Å². The van der Waals surface area contributed by atoms with Gasteiger partial charge in [0, 0.05) is 40.2 Å². The van der Waals surface area contributed by atoms with Crippen LogP contribution in [-0.2, 0) is 9.59 Å². The van der Waals surface area contributed by atoms with E-state index in [9.17, 15) is 9.59 Å². The molecule has 27 heavy (non-hydrogen) atoms. The summed E-state index contributed by atoms with van der Waals surface area (Å²) >= 11 is 3.44. The molecular formula is C22H20BrNO3. The molecule has 5 heteroatoms. The molecule has 0 saturated carbocycles. The maximum Gasteiger partial charge on any atom is 0.232 e. The summed E-state index contributed by atoms with van der Waals surface area (Å²) in [5.41, 5.74) is 3.47. The smallest absolute Gasteiger partial charge is 0.232 e. The zero-order chi connectivity index (χ0) is 19.0. The number of ketones is 1. The van der Waals surface area contributed by atoms with E-state index in [0.717, 1.165) is 45.6 Å². The number of hydrogen-bond acceptors (Lipinski definition) is 3. The zero-order valence-electron chi connectivity index (χ0n) is 15.1. The van der Waals surface area contributed by atoms with Gasteiger partial charge in [-0.05, 0) is 54.8 Å². The summed E-state index contributed by atoms with van der Waals surface area (Å²) in [6.45, 7) is 0. The number of halogens is 1. The number of carbonyl (C=O) groups is 2. The van der Waals surface area contributed by atoms with Crippen LogP contribution in [0, 0.1) is 0 Å². The number of amides is 1. The molecular weight excluding hydrogens is 406 g/mol. The lowest BCUT2D eigenvalue weighted by Crippen LogP contribution is -2.40. The molecule has 138 valence electrons. The van der Waals surface area contributed by atoms with Crippen molar-refractivity contribution in [2.75, 3.05) is 12.0 Å². The Morgan fingerprint density at radius 1 is 1.00 bits per heavy atom. The van der Waals surface area contributed by atoms with Crippen LogP contribution in [0.25, 0.3) is 0 Å². The molecule has 0 bridgehead atoms. The lowest BCUT2D eigenvalue weighted by Gasteiger charge is -2.38. The van der Waals surface area contributed by atoms with Crippen molar-refractivity contribution in [3.8, 4) is 5.75 Å². The van der Waals surface area contributed by atoms with Crippen LogP contribution in [0.5, 0.6) is 5.75 Å². The van der Waals surface area contributed by atoms with E-state index in [-0.39, 0.29) is 17.6 Å². The highest BCUT2D eigenvalue weighted by Gasteiger charge is 2.39. The van der Waals surface area contributed by atoms with Crippen LogP contribution >= 0.6 is 15.9 Å². The highest BCUT2D eigenvalue weighted by atomic mass is 79.9. The molecule has 1 aliphatic carbocycles. The van der Waals surface area contributed by atoms with E-state index in [2.05, 4.69) is 15.9 Å². The highest BCUT2D eigenvalue weighted by molar-refractivity contribution is 9.10. The fourth-order valence-electron chi connectivity index (χ4n) is 4.00. The van der Waals surface area contributed by atoms with E-state index in [1.165, 1.54) is 0 Å². The minimum absolute atomic E-state index is 0.0339. The zero-order valence-corrected chi connectivity index (χ0v) is 16.7. The average Bonchev–Trinajstić information content (AvgIpc) is 2.69. The maximum atomic E-state index is 13.1. The molecule has 0 spiro atoms. The Kier molecular flexibility index (Phi) is 4.87. The maximum absolute atomic E-state index is 13.1. The number of allylic oxidation sites excluding steroid dienone is 2. The van der Waals surface area contributed by atoms with Gasteiger partial charge in [0.15, 0.2) is 5.78 Å². The summed E-state index contributed by atoms with van der Waals surface area (Å²) in [5, 5.41) is 0. The van der Waals surface area contributed by atoms with E-state index in [4.69, 9.17) is 4.74 Å². The predicted molar refractivity (Wildman–Crippen MR) is 108 cm³/mol. The molecule has 4 rings (SSSR count). The Balaban J connectivity index is 1.81. The lowest BCUT2D eigenvalue weighted by atomic mass is 9.77.